The summed E-state index contributed by atoms with van der Waals surface area (Å²) in [5.74, 6) is -0.177. The molecule has 17 heavy (non-hydrogen) atoms. The minimum Gasteiger partial charge on any atom is -0.379 e. The molecule has 1 amide bonds. The largest absolute Gasteiger partial charge is 0.379 e. The number of hydrogen-bond acceptors (Lipinski definition) is 4. The summed E-state index contributed by atoms with van der Waals surface area (Å²) in [5.41, 5.74) is -0.139. The predicted octanol–water partition coefficient (Wildman–Crippen LogP) is 1.57. The number of non-ortho nitro benzene ring substituents is 1. The maximum absolute atomic E-state index is 11.8. The number of nitrogens with one attached hydrogen (secondary N) is 1. The topological polar surface area (TPSA) is 81.5 Å². The van der Waals surface area contributed by atoms with Crippen LogP contribution in [0.5, 0.6) is 0 Å². The van der Waals surface area contributed by atoms with Crippen molar-refractivity contribution in [2.24, 2.45) is 5.41 Å². The first kappa shape index (κ1) is 11.5. The van der Waals surface area contributed by atoms with E-state index < -0.39 is 10.3 Å². The third-order valence-electron chi connectivity index (χ3n) is 2.70. The molecule has 0 unspecified atom stereocenters. The molecule has 0 aromatic heterocycles. The van der Waals surface area contributed by atoms with E-state index in [1.54, 1.807) is 13.0 Å². The maximum Gasteiger partial charge on any atom is 0.271 e. The van der Waals surface area contributed by atoms with Gasteiger partial charge in [-0.2, -0.15) is 0 Å². The van der Waals surface area contributed by atoms with Crippen molar-refractivity contribution in [1.29, 1.82) is 0 Å². The van der Waals surface area contributed by atoms with Crippen LogP contribution in [0.2, 0.25) is 0 Å². The Kier molecular flexibility index (Phi) is 2.81. The van der Waals surface area contributed by atoms with Crippen molar-refractivity contribution >= 4 is 17.3 Å². The van der Waals surface area contributed by atoms with Crippen LogP contribution in [0.1, 0.15) is 6.92 Å². The van der Waals surface area contributed by atoms with Crippen LogP contribution in [0.15, 0.2) is 24.3 Å². The molecule has 1 aromatic carbocycles. The second-order valence-electron chi connectivity index (χ2n) is 4.32. The summed E-state index contributed by atoms with van der Waals surface area (Å²) in [6.45, 7) is 2.56. The van der Waals surface area contributed by atoms with E-state index in [1.807, 2.05) is 0 Å². The monoisotopic (exact) mass is 236 g/mol. The summed E-state index contributed by atoms with van der Waals surface area (Å²) in [6, 6.07) is 5.87. The van der Waals surface area contributed by atoms with E-state index >= 15 is 0 Å². The Morgan fingerprint density at radius 1 is 1.53 bits per heavy atom. The SMILES string of the molecule is CC1(C(=O)Nc2cccc([N+](=O)[O-])c2)COC1. The molecule has 1 saturated heterocycles. The molecule has 0 radical (unpaired) electrons. The number of ether oxygens (including phenoxy) is 1. The van der Waals surface area contributed by atoms with Gasteiger partial charge in [0.2, 0.25) is 5.91 Å². The predicted molar refractivity (Wildman–Crippen MR) is 60.7 cm³/mol. The minimum atomic E-state index is -0.523. The first-order chi connectivity index (χ1) is 8.01. The molecule has 1 heterocycles. The lowest BCUT2D eigenvalue weighted by Gasteiger charge is -2.36. The van der Waals surface area contributed by atoms with Crippen LogP contribution < -0.4 is 5.32 Å². The van der Waals surface area contributed by atoms with Gasteiger partial charge in [-0.25, -0.2) is 0 Å². The summed E-state index contributed by atoms with van der Waals surface area (Å²) in [4.78, 5) is 21.9. The van der Waals surface area contributed by atoms with E-state index in [-0.39, 0.29) is 11.6 Å². The zero-order chi connectivity index (χ0) is 12.5. The van der Waals surface area contributed by atoms with Crippen LogP contribution in [0, 0.1) is 15.5 Å². The van der Waals surface area contributed by atoms with E-state index in [1.165, 1.54) is 18.2 Å². The van der Waals surface area contributed by atoms with Gasteiger partial charge in [0.05, 0.1) is 23.6 Å². The number of nitro groups is 1. The molecule has 2 rings (SSSR count). The first-order valence-corrected chi connectivity index (χ1v) is 5.15. The molecule has 1 fully saturated rings. The molecule has 6 nitrogen and oxygen atoms in total. The van der Waals surface area contributed by atoms with Crippen molar-refractivity contribution in [3.8, 4) is 0 Å². The number of hydrogen-bond donors (Lipinski definition) is 1. The molecule has 1 N–H and O–H groups in total. The van der Waals surface area contributed by atoms with Crippen molar-refractivity contribution in [1.82, 2.24) is 0 Å². The van der Waals surface area contributed by atoms with E-state index in [0.717, 1.165) is 0 Å². The minimum absolute atomic E-state index is 0.0437. The summed E-state index contributed by atoms with van der Waals surface area (Å²) >= 11 is 0. The third kappa shape index (κ3) is 2.26. The maximum atomic E-state index is 11.8. The number of nitro benzene ring substituents is 1. The highest BCUT2D eigenvalue weighted by Crippen LogP contribution is 2.28. The van der Waals surface area contributed by atoms with Gasteiger partial charge in [0.25, 0.3) is 5.69 Å². The fraction of sp³-hybridized carbons (Fsp3) is 0.364. The van der Waals surface area contributed by atoms with Gasteiger partial charge in [-0.3, -0.25) is 14.9 Å². The fourth-order valence-corrected chi connectivity index (χ4v) is 1.52. The normalized spacial score (nSPS) is 17.0. The first-order valence-electron chi connectivity index (χ1n) is 5.15. The molecule has 6 heteroatoms. The van der Waals surface area contributed by atoms with Gasteiger partial charge in [-0.05, 0) is 13.0 Å². The molecule has 0 spiro atoms. The average molecular weight is 236 g/mol. The van der Waals surface area contributed by atoms with Crippen LogP contribution in [-0.2, 0) is 9.53 Å². The molecular weight excluding hydrogens is 224 g/mol. The number of benzene rings is 1. The van der Waals surface area contributed by atoms with E-state index in [9.17, 15) is 14.9 Å². The van der Waals surface area contributed by atoms with Crippen LogP contribution in [-0.4, -0.2) is 24.0 Å². The van der Waals surface area contributed by atoms with Crippen molar-refractivity contribution in [2.45, 2.75) is 6.92 Å². The summed E-state index contributed by atoms with van der Waals surface area (Å²) in [7, 11) is 0. The average Bonchev–Trinajstić information content (AvgIpc) is 2.26. The highest BCUT2D eigenvalue weighted by atomic mass is 16.6. The second kappa shape index (κ2) is 4.14. The van der Waals surface area contributed by atoms with E-state index in [4.69, 9.17) is 4.74 Å². The van der Waals surface area contributed by atoms with Crippen molar-refractivity contribution in [3.63, 3.8) is 0 Å². The van der Waals surface area contributed by atoms with Crippen molar-refractivity contribution in [3.05, 3.63) is 34.4 Å². The molecule has 0 bridgehead atoms. The van der Waals surface area contributed by atoms with Gasteiger partial charge < -0.3 is 10.1 Å². The summed E-state index contributed by atoms with van der Waals surface area (Å²) in [6.07, 6.45) is 0. The number of anilines is 1. The lowest BCUT2D eigenvalue weighted by molar-refractivity contribution is -0.384. The Morgan fingerprint density at radius 2 is 2.24 bits per heavy atom. The van der Waals surface area contributed by atoms with Crippen molar-refractivity contribution < 1.29 is 14.5 Å². The number of carbonyl (C=O) groups is 1. The zero-order valence-electron chi connectivity index (χ0n) is 9.30. The fourth-order valence-electron chi connectivity index (χ4n) is 1.52. The molecule has 0 aliphatic carbocycles. The van der Waals surface area contributed by atoms with E-state index in [0.29, 0.717) is 18.9 Å². The van der Waals surface area contributed by atoms with Crippen LogP contribution >= 0.6 is 0 Å². The zero-order valence-corrected chi connectivity index (χ0v) is 9.30. The number of carbonyl (C=O) groups excluding carboxylic acids is 1. The van der Waals surface area contributed by atoms with Gasteiger partial charge >= 0.3 is 0 Å². The van der Waals surface area contributed by atoms with Crippen molar-refractivity contribution in [2.75, 3.05) is 18.5 Å². The molecule has 0 saturated carbocycles. The van der Waals surface area contributed by atoms with Gasteiger partial charge in [-0.1, -0.05) is 6.07 Å². The lowest BCUT2D eigenvalue weighted by Crippen LogP contribution is -2.49. The van der Waals surface area contributed by atoms with Crippen LogP contribution in [0.4, 0.5) is 11.4 Å². The molecular formula is C11H12N2O4. The van der Waals surface area contributed by atoms with Crippen LogP contribution in [0.25, 0.3) is 0 Å². The number of rotatable bonds is 3. The summed E-state index contributed by atoms with van der Waals surface area (Å²) < 4.78 is 4.99. The van der Waals surface area contributed by atoms with Gasteiger partial charge in [0.15, 0.2) is 0 Å². The molecule has 1 aliphatic rings. The third-order valence-corrected chi connectivity index (χ3v) is 2.70. The Bertz CT molecular complexity index is 468. The van der Waals surface area contributed by atoms with E-state index in [2.05, 4.69) is 5.32 Å². The smallest absolute Gasteiger partial charge is 0.271 e. The standard InChI is InChI=1S/C11H12N2O4/c1-11(6-17-7-11)10(14)12-8-3-2-4-9(5-8)13(15)16/h2-5H,6-7H2,1H3,(H,12,14). The molecule has 1 aromatic rings. The number of amides is 1. The number of nitrogens with zero attached hydrogens (tertiary/aromatic N) is 1. The molecule has 0 atom stereocenters. The second-order valence-corrected chi connectivity index (χ2v) is 4.32. The Hall–Kier alpha value is -1.95. The Balaban J connectivity index is 2.10. The summed E-state index contributed by atoms with van der Waals surface area (Å²) in [5, 5.41) is 13.2. The molecule has 1 aliphatic heterocycles. The Morgan fingerprint density at radius 3 is 2.76 bits per heavy atom. The van der Waals surface area contributed by atoms with Crippen LogP contribution in [0.3, 0.4) is 0 Å². The Labute approximate surface area is 97.7 Å². The van der Waals surface area contributed by atoms with Gasteiger partial charge in [0, 0.05) is 17.8 Å². The quantitative estimate of drug-likeness (QED) is 0.638. The molecule has 90 valence electrons. The highest BCUT2D eigenvalue weighted by molar-refractivity contribution is 5.96. The lowest BCUT2D eigenvalue weighted by atomic mass is 9.87. The van der Waals surface area contributed by atoms with Gasteiger partial charge in [-0.15, -0.1) is 0 Å². The highest BCUT2D eigenvalue weighted by Gasteiger charge is 2.41. The van der Waals surface area contributed by atoms with Gasteiger partial charge in [0.1, 0.15) is 0 Å².